The van der Waals surface area contributed by atoms with E-state index in [0.717, 1.165) is 42.3 Å². The van der Waals surface area contributed by atoms with Crippen molar-refractivity contribution < 1.29 is 0 Å². The standard InChI is InChI=1S/C18H27N5S/c1-19-18(21-11-5-6-14-24-2)22-13-12-20-17-10-9-15-7-3-4-8-16(15)23-17/h3-4,7-10H,5-6,11-14H2,1-2H3,(H,20,23)(H2,19,21,22). The van der Waals surface area contributed by atoms with Crippen molar-refractivity contribution in [2.75, 3.05) is 44.0 Å². The average Bonchev–Trinajstić information content (AvgIpc) is 2.63. The number of nitrogens with zero attached hydrogens (tertiary/aromatic N) is 2. The van der Waals surface area contributed by atoms with Crippen LogP contribution in [0.4, 0.5) is 5.82 Å². The van der Waals surface area contributed by atoms with E-state index >= 15 is 0 Å². The molecule has 1 heterocycles. The van der Waals surface area contributed by atoms with E-state index in [9.17, 15) is 0 Å². The second-order valence-electron chi connectivity index (χ2n) is 5.44. The van der Waals surface area contributed by atoms with E-state index in [-0.39, 0.29) is 0 Å². The van der Waals surface area contributed by atoms with Crippen LogP contribution < -0.4 is 16.0 Å². The van der Waals surface area contributed by atoms with Gasteiger partial charge in [0.1, 0.15) is 5.82 Å². The molecule has 24 heavy (non-hydrogen) atoms. The Kier molecular flexibility index (Phi) is 8.24. The first-order chi connectivity index (χ1) is 11.8. The van der Waals surface area contributed by atoms with Gasteiger partial charge in [-0.25, -0.2) is 4.98 Å². The molecule has 5 nitrogen and oxygen atoms in total. The molecule has 1 aromatic carbocycles. The third kappa shape index (κ3) is 6.28. The van der Waals surface area contributed by atoms with Crippen molar-refractivity contribution in [2.45, 2.75) is 12.8 Å². The van der Waals surface area contributed by atoms with Crippen LogP contribution in [0.25, 0.3) is 10.9 Å². The highest BCUT2D eigenvalue weighted by Gasteiger charge is 1.99. The highest BCUT2D eigenvalue weighted by molar-refractivity contribution is 7.98. The summed E-state index contributed by atoms with van der Waals surface area (Å²) in [4.78, 5) is 8.84. The summed E-state index contributed by atoms with van der Waals surface area (Å²) in [5.41, 5.74) is 1.01. The number of unbranched alkanes of at least 4 members (excludes halogenated alkanes) is 1. The topological polar surface area (TPSA) is 61.3 Å². The van der Waals surface area contributed by atoms with Gasteiger partial charge in [0, 0.05) is 32.1 Å². The lowest BCUT2D eigenvalue weighted by Crippen LogP contribution is -2.40. The molecule has 0 fully saturated rings. The monoisotopic (exact) mass is 345 g/mol. The molecule has 0 aliphatic heterocycles. The molecule has 0 aliphatic rings. The summed E-state index contributed by atoms with van der Waals surface area (Å²) in [5, 5.41) is 11.1. The van der Waals surface area contributed by atoms with Gasteiger partial charge in [-0.2, -0.15) is 11.8 Å². The number of guanidine groups is 1. The van der Waals surface area contributed by atoms with Crippen molar-refractivity contribution in [1.82, 2.24) is 15.6 Å². The molecular weight excluding hydrogens is 318 g/mol. The van der Waals surface area contributed by atoms with Gasteiger partial charge >= 0.3 is 0 Å². The molecule has 0 aliphatic carbocycles. The SMILES string of the molecule is CN=C(NCCCCSC)NCCNc1ccc2ccccc2n1. The van der Waals surface area contributed by atoms with Crippen LogP contribution in [0.3, 0.4) is 0 Å². The number of anilines is 1. The van der Waals surface area contributed by atoms with Crippen LogP contribution in [0.2, 0.25) is 0 Å². The summed E-state index contributed by atoms with van der Waals surface area (Å²) in [6, 6.07) is 12.2. The summed E-state index contributed by atoms with van der Waals surface area (Å²) in [6.45, 7) is 2.54. The van der Waals surface area contributed by atoms with Crippen LogP contribution in [-0.2, 0) is 0 Å². The summed E-state index contributed by atoms with van der Waals surface area (Å²) < 4.78 is 0. The Morgan fingerprint density at radius 3 is 2.71 bits per heavy atom. The number of nitrogens with one attached hydrogen (secondary N) is 3. The van der Waals surface area contributed by atoms with Crippen molar-refractivity contribution in [3.8, 4) is 0 Å². The molecule has 6 heteroatoms. The van der Waals surface area contributed by atoms with E-state index in [1.165, 1.54) is 18.6 Å². The molecule has 3 N–H and O–H groups in total. The molecule has 0 spiro atoms. The van der Waals surface area contributed by atoms with E-state index < -0.39 is 0 Å². The van der Waals surface area contributed by atoms with Gasteiger partial charge in [0.15, 0.2) is 5.96 Å². The molecular formula is C18H27N5S. The molecule has 2 aromatic rings. The van der Waals surface area contributed by atoms with Crippen molar-refractivity contribution in [2.24, 2.45) is 4.99 Å². The Morgan fingerprint density at radius 2 is 1.88 bits per heavy atom. The number of benzene rings is 1. The van der Waals surface area contributed by atoms with Crippen molar-refractivity contribution in [1.29, 1.82) is 0 Å². The lowest BCUT2D eigenvalue weighted by molar-refractivity contribution is 0.735. The molecule has 0 unspecified atom stereocenters. The highest BCUT2D eigenvalue weighted by Crippen LogP contribution is 2.13. The molecule has 0 saturated carbocycles. The van der Waals surface area contributed by atoms with E-state index in [2.05, 4.69) is 44.3 Å². The van der Waals surface area contributed by atoms with Gasteiger partial charge in [0.05, 0.1) is 5.52 Å². The van der Waals surface area contributed by atoms with Gasteiger partial charge < -0.3 is 16.0 Å². The van der Waals surface area contributed by atoms with E-state index in [1.54, 1.807) is 7.05 Å². The molecule has 0 saturated heterocycles. The maximum atomic E-state index is 4.60. The third-order valence-corrected chi connectivity index (χ3v) is 4.31. The average molecular weight is 346 g/mol. The van der Waals surface area contributed by atoms with Crippen LogP contribution >= 0.6 is 11.8 Å². The van der Waals surface area contributed by atoms with Crippen LogP contribution in [0.1, 0.15) is 12.8 Å². The zero-order chi connectivity index (χ0) is 17.0. The summed E-state index contributed by atoms with van der Waals surface area (Å²) in [5.74, 6) is 2.97. The van der Waals surface area contributed by atoms with Gasteiger partial charge in [-0.3, -0.25) is 4.99 Å². The number of hydrogen-bond acceptors (Lipinski definition) is 4. The minimum atomic E-state index is 0.790. The predicted molar refractivity (Wildman–Crippen MR) is 107 cm³/mol. The van der Waals surface area contributed by atoms with Crippen molar-refractivity contribution in [3.05, 3.63) is 36.4 Å². The number of aromatic nitrogens is 1. The normalized spacial score (nSPS) is 11.5. The van der Waals surface area contributed by atoms with Gasteiger partial charge in [0.2, 0.25) is 0 Å². The maximum absolute atomic E-state index is 4.60. The minimum Gasteiger partial charge on any atom is -0.368 e. The maximum Gasteiger partial charge on any atom is 0.191 e. The lowest BCUT2D eigenvalue weighted by atomic mass is 10.2. The third-order valence-electron chi connectivity index (χ3n) is 3.61. The van der Waals surface area contributed by atoms with Gasteiger partial charge in [-0.05, 0) is 43.0 Å². The summed E-state index contributed by atoms with van der Waals surface area (Å²) in [7, 11) is 1.80. The van der Waals surface area contributed by atoms with Crippen LogP contribution in [0.5, 0.6) is 0 Å². The Morgan fingerprint density at radius 1 is 1.04 bits per heavy atom. The van der Waals surface area contributed by atoms with Gasteiger partial charge in [0.25, 0.3) is 0 Å². The second kappa shape index (κ2) is 10.8. The Hall–Kier alpha value is -1.95. The quantitative estimate of drug-likeness (QED) is 0.370. The Bertz CT molecular complexity index is 644. The van der Waals surface area contributed by atoms with Crippen molar-refractivity contribution in [3.63, 3.8) is 0 Å². The smallest absolute Gasteiger partial charge is 0.191 e. The minimum absolute atomic E-state index is 0.790. The first kappa shape index (κ1) is 18.4. The number of rotatable bonds is 9. The Balaban J connectivity index is 1.67. The van der Waals surface area contributed by atoms with Crippen LogP contribution in [-0.4, -0.2) is 49.6 Å². The van der Waals surface area contributed by atoms with Gasteiger partial charge in [-0.15, -0.1) is 0 Å². The molecule has 130 valence electrons. The number of thioether (sulfide) groups is 1. The molecule has 0 amide bonds. The Labute approximate surface area is 148 Å². The van der Waals surface area contributed by atoms with Crippen LogP contribution in [0.15, 0.2) is 41.4 Å². The van der Waals surface area contributed by atoms with E-state index in [0.29, 0.717) is 0 Å². The van der Waals surface area contributed by atoms with E-state index in [1.807, 2.05) is 36.0 Å². The van der Waals surface area contributed by atoms with Gasteiger partial charge in [-0.1, -0.05) is 18.2 Å². The molecule has 0 bridgehead atoms. The number of para-hydroxylation sites is 1. The van der Waals surface area contributed by atoms with Crippen LogP contribution in [0, 0.1) is 0 Å². The fourth-order valence-corrected chi connectivity index (χ4v) is 2.83. The first-order valence-corrected chi connectivity index (χ1v) is 9.76. The number of pyridine rings is 1. The molecule has 1 aromatic heterocycles. The van der Waals surface area contributed by atoms with Crippen molar-refractivity contribution >= 4 is 34.4 Å². The van der Waals surface area contributed by atoms with E-state index in [4.69, 9.17) is 0 Å². The zero-order valence-electron chi connectivity index (χ0n) is 14.5. The number of aliphatic imine (C=N–C) groups is 1. The lowest BCUT2D eigenvalue weighted by Gasteiger charge is -2.12. The fraction of sp³-hybridized carbons (Fsp3) is 0.444. The fourth-order valence-electron chi connectivity index (χ4n) is 2.33. The highest BCUT2D eigenvalue weighted by atomic mass is 32.2. The molecule has 0 atom stereocenters. The molecule has 0 radical (unpaired) electrons. The summed E-state index contributed by atoms with van der Waals surface area (Å²) in [6.07, 6.45) is 4.55. The number of hydrogen-bond donors (Lipinski definition) is 3. The second-order valence-corrected chi connectivity index (χ2v) is 6.43. The zero-order valence-corrected chi connectivity index (χ0v) is 15.3. The molecule has 2 rings (SSSR count). The summed E-state index contributed by atoms with van der Waals surface area (Å²) >= 11 is 1.89. The number of fused-ring (bicyclic) bond motifs is 1. The first-order valence-electron chi connectivity index (χ1n) is 8.36. The predicted octanol–water partition coefficient (Wildman–Crippen LogP) is 2.95. The largest absolute Gasteiger partial charge is 0.368 e.